The van der Waals surface area contributed by atoms with Crippen LogP contribution in [0.25, 0.3) is 0 Å². The molecule has 0 heterocycles. The topological polar surface area (TPSA) is 50.7 Å². The van der Waals surface area contributed by atoms with Gasteiger partial charge >= 0.3 is 6.18 Å². The molecule has 2 aromatic rings. The van der Waals surface area contributed by atoms with Crippen LogP contribution in [-0.4, -0.2) is 19.2 Å². The number of nitrogens with zero attached hydrogens (tertiary/aromatic N) is 1. The van der Waals surface area contributed by atoms with Crippen molar-refractivity contribution in [3.8, 4) is 0 Å². The Morgan fingerprint density at radius 2 is 1.87 bits per heavy atom. The van der Waals surface area contributed by atoms with Crippen molar-refractivity contribution in [2.24, 2.45) is 5.16 Å². The number of alkyl halides is 3. The number of amides is 1. The van der Waals surface area contributed by atoms with E-state index in [4.69, 9.17) is 0 Å². The minimum atomic E-state index is -4.46. The van der Waals surface area contributed by atoms with Crippen LogP contribution >= 0.6 is 0 Å². The molecule has 0 atom stereocenters. The van der Waals surface area contributed by atoms with E-state index in [0.29, 0.717) is 5.56 Å². The molecule has 7 heteroatoms. The van der Waals surface area contributed by atoms with Crippen LogP contribution in [0.1, 0.15) is 21.5 Å². The van der Waals surface area contributed by atoms with Gasteiger partial charge in [-0.15, -0.1) is 0 Å². The standard InChI is InChI=1S/C16H13F3N2O2/c1-23-20-10-11-5-7-12(8-6-11)15(22)21-14-4-2-3-13(9-14)16(17,18)19/h2-10H,1H3,(H,21,22)/b20-10+. The lowest BCUT2D eigenvalue weighted by Crippen LogP contribution is -2.13. The Hall–Kier alpha value is -2.83. The van der Waals surface area contributed by atoms with Gasteiger partial charge in [-0.25, -0.2) is 0 Å². The summed E-state index contributed by atoms with van der Waals surface area (Å²) < 4.78 is 37.9. The average Bonchev–Trinajstić information content (AvgIpc) is 2.53. The number of hydrogen-bond donors (Lipinski definition) is 1. The molecule has 1 amide bonds. The van der Waals surface area contributed by atoms with E-state index in [-0.39, 0.29) is 5.69 Å². The molecule has 2 rings (SSSR count). The van der Waals surface area contributed by atoms with E-state index >= 15 is 0 Å². The third-order valence-electron chi connectivity index (χ3n) is 2.93. The number of rotatable bonds is 4. The van der Waals surface area contributed by atoms with Crippen LogP contribution in [0, 0.1) is 0 Å². The molecule has 0 aliphatic carbocycles. The monoisotopic (exact) mass is 322 g/mol. The zero-order valence-electron chi connectivity index (χ0n) is 12.1. The van der Waals surface area contributed by atoms with Gasteiger partial charge in [-0.3, -0.25) is 4.79 Å². The van der Waals surface area contributed by atoms with Gasteiger partial charge in [0.15, 0.2) is 0 Å². The molecule has 0 aromatic heterocycles. The highest BCUT2D eigenvalue weighted by molar-refractivity contribution is 6.04. The molecule has 0 spiro atoms. The van der Waals surface area contributed by atoms with Crippen LogP contribution < -0.4 is 5.32 Å². The average molecular weight is 322 g/mol. The highest BCUT2D eigenvalue weighted by atomic mass is 19.4. The lowest BCUT2D eigenvalue weighted by Gasteiger charge is -2.10. The van der Waals surface area contributed by atoms with Crippen LogP contribution in [0.4, 0.5) is 18.9 Å². The summed E-state index contributed by atoms with van der Waals surface area (Å²) >= 11 is 0. The van der Waals surface area contributed by atoms with Crippen LogP contribution in [0.15, 0.2) is 53.7 Å². The van der Waals surface area contributed by atoms with E-state index in [1.54, 1.807) is 24.3 Å². The van der Waals surface area contributed by atoms with Crippen molar-refractivity contribution < 1.29 is 22.8 Å². The van der Waals surface area contributed by atoms with E-state index in [2.05, 4.69) is 15.3 Å². The summed E-state index contributed by atoms with van der Waals surface area (Å²) in [5.41, 5.74) is 0.302. The van der Waals surface area contributed by atoms with Gasteiger partial charge in [0.1, 0.15) is 7.11 Å². The summed E-state index contributed by atoms with van der Waals surface area (Å²) in [5, 5.41) is 6.02. The second kappa shape index (κ2) is 6.95. The van der Waals surface area contributed by atoms with Gasteiger partial charge in [-0.05, 0) is 35.9 Å². The fourth-order valence-corrected chi connectivity index (χ4v) is 1.81. The minimum Gasteiger partial charge on any atom is -0.399 e. The molecule has 0 aliphatic rings. The predicted molar refractivity (Wildman–Crippen MR) is 80.4 cm³/mol. The first-order valence-corrected chi connectivity index (χ1v) is 6.55. The number of halogens is 3. The molecule has 0 saturated carbocycles. The number of nitrogens with one attached hydrogen (secondary N) is 1. The Morgan fingerprint density at radius 1 is 1.17 bits per heavy atom. The van der Waals surface area contributed by atoms with Crippen LogP contribution in [0.5, 0.6) is 0 Å². The van der Waals surface area contributed by atoms with Crippen molar-refractivity contribution >= 4 is 17.8 Å². The normalized spacial score (nSPS) is 11.5. The Kier molecular flexibility index (Phi) is 5.00. The van der Waals surface area contributed by atoms with Crippen LogP contribution in [0.3, 0.4) is 0 Å². The summed E-state index contributed by atoms with van der Waals surface area (Å²) in [7, 11) is 1.41. The molecule has 0 radical (unpaired) electrons. The first kappa shape index (κ1) is 16.5. The Bertz CT molecular complexity index is 710. The number of carbonyl (C=O) groups is 1. The van der Waals surface area contributed by atoms with E-state index in [0.717, 1.165) is 17.7 Å². The number of benzene rings is 2. The Labute approximate surface area is 130 Å². The minimum absolute atomic E-state index is 0.0786. The molecule has 0 fully saturated rings. The molecular formula is C16H13F3N2O2. The van der Waals surface area contributed by atoms with Crippen molar-refractivity contribution in [3.05, 3.63) is 65.2 Å². The van der Waals surface area contributed by atoms with Gasteiger partial charge in [-0.2, -0.15) is 13.2 Å². The summed E-state index contributed by atoms with van der Waals surface area (Å²) in [6.45, 7) is 0. The fraction of sp³-hybridized carbons (Fsp3) is 0.125. The number of hydrogen-bond acceptors (Lipinski definition) is 3. The summed E-state index contributed by atoms with van der Waals surface area (Å²) in [4.78, 5) is 16.6. The molecular weight excluding hydrogens is 309 g/mol. The van der Waals surface area contributed by atoms with Crippen molar-refractivity contribution in [3.63, 3.8) is 0 Å². The number of anilines is 1. The molecule has 2 aromatic carbocycles. The van der Waals surface area contributed by atoms with Crippen molar-refractivity contribution in [1.29, 1.82) is 0 Å². The second-order valence-corrected chi connectivity index (χ2v) is 4.57. The zero-order chi connectivity index (χ0) is 16.9. The molecule has 23 heavy (non-hydrogen) atoms. The maximum Gasteiger partial charge on any atom is 0.416 e. The largest absolute Gasteiger partial charge is 0.416 e. The van der Waals surface area contributed by atoms with Crippen molar-refractivity contribution in [2.45, 2.75) is 6.18 Å². The lowest BCUT2D eigenvalue weighted by atomic mass is 10.1. The Balaban J connectivity index is 2.11. The predicted octanol–water partition coefficient (Wildman–Crippen LogP) is 3.94. The first-order chi connectivity index (χ1) is 10.9. The lowest BCUT2D eigenvalue weighted by molar-refractivity contribution is -0.137. The van der Waals surface area contributed by atoms with Gasteiger partial charge in [-0.1, -0.05) is 23.4 Å². The molecule has 0 saturated heterocycles. The maximum absolute atomic E-state index is 12.6. The van der Waals surface area contributed by atoms with Crippen molar-refractivity contribution in [2.75, 3.05) is 12.4 Å². The third-order valence-corrected chi connectivity index (χ3v) is 2.93. The van der Waals surface area contributed by atoms with E-state index < -0.39 is 17.6 Å². The van der Waals surface area contributed by atoms with E-state index in [1.165, 1.54) is 25.5 Å². The van der Waals surface area contributed by atoms with Gasteiger partial charge in [0.05, 0.1) is 11.8 Å². The van der Waals surface area contributed by atoms with Gasteiger partial charge in [0.25, 0.3) is 5.91 Å². The summed E-state index contributed by atoms with van der Waals surface area (Å²) in [6.07, 6.45) is -2.99. The van der Waals surface area contributed by atoms with Crippen LogP contribution in [-0.2, 0) is 11.0 Å². The molecule has 0 aliphatic heterocycles. The third kappa shape index (κ3) is 4.57. The fourth-order valence-electron chi connectivity index (χ4n) is 1.81. The van der Waals surface area contributed by atoms with Gasteiger partial charge in [0, 0.05) is 11.3 Å². The zero-order valence-corrected chi connectivity index (χ0v) is 12.1. The molecule has 4 nitrogen and oxygen atoms in total. The van der Waals surface area contributed by atoms with E-state index in [1.807, 2.05) is 0 Å². The van der Waals surface area contributed by atoms with Crippen molar-refractivity contribution in [1.82, 2.24) is 0 Å². The maximum atomic E-state index is 12.6. The summed E-state index contributed by atoms with van der Waals surface area (Å²) in [5.74, 6) is -0.500. The van der Waals surface area contributed by atoms with Gasteiger partial charge in [0.2, 0.25) is 0 Å². The quantitative estimate of drug-likeness (QED) is 0.685. The SMILES string of the molecule is CO/N=C/c1ccc(C(=O)Nc2cccc(C(F)(F)F)c2)cc1. The Morgan fingerprint density at radius 3 is 2.48 bits per heavy atom. The molecule has 0 unspecified atom stereocenters. The number of carbonyl (C=O) groups excluding carboxylic acids is 1. The molecule has 1 N–H and O–H groups in total. The first-order valence-electron chi connectivity index (χ1n) is 6.55. The summed E-state index contributed by atoms with van der Waals surface area (Å²) in [6, 6.07) is 10.8. The second-order valence-electron chi connectivity index (χ2n) is 4.57. The molecule has 120 valence electrons. The van der Waals surface area contributed by atoms with Gasteiger partial charge < -0.3 is 10.2 Å². The smallest absolute Gasteiger partial charge is 0.399 e. The van der Waals surface area contributed by atoms with Crippen LogP contribution in [0.2, 0.25) is 0 Å². The molecule has 0 bridgehead atoms. The highest BCUT2D eigenvalue weighted by Crippen LogP contribution is 2.30. The van der Waals surface area contributed by atoms with E-state index in [9.17, 15) is 18.0 Å². The number of oxime groups is 1. The highest BCUT2D eigenvalue weighted by Gasteiger charge is 2.30.